The first-order valence-corrected chi connectivity index (χ1v) is 16.2. The zero-order valence-corrected chi connectivity index (χ0v) is 24.2. The van der Waals surface area contributed by atoms with Gasteiger partial charge in [-0.05, 0) is 47.5 Å². The van der Waals surface area contributed by atoms with Crippen LogP contribution in [-0.2, 0) is 11.2 Å². The summed E-state index contributed by atoms with van der Waals surface area (Å²) in [6, 6.07) is 15.9. The summed E-state index contributed by atoms with van der Waals surface area (Å²) >= 11 is 6.04. The molecule has 0 aliphatic heterocycles. The summed E-state index contributed by atoms with van der Waals surface area (Å²) < 4.78 is 18.5. The van der Waals surface area contributed by atoms with E-state index >= 15 is 0 Å². The number of ether oxygens (including phenoxy) is 3. The second-order valence-electron chi connectivity index (χ2n) is 10.2. The molecule has 7 nitrogen and oxygen atoms in total. The van der Waals surface area contributed by atoms with Crippen LogP contribution >= 0.6 is 11.6 Å². The number of nitrogens with zero attached hydrogens (tertiary/aromatic N) is 3. The van der Waals surface area contributed by atoms with Gasteiger partial charge in [0.05, 0.1) is 7.11 Å². The molecule has 3 rings (SSSR count). The largest absolute Gasteiger partial charge is 0.493 e. The van der Waals surface area contributed by atoms with Gasteiger partial charge < -0.3 is 19.1 Å². The molecule has 0 aliphatic carbocycles. The number of carbonyl (C=O) groups is 1. The van der Waals surface area contributed by atoms with Crippen molar-refractivity contribution in [2.24, 2.45) is 5.10 Å². The number of Topliss-reactive ketones (excluding diaryl/α,β-unsaturated/α-hetero) is 1. The fourth-order valence-electron chi connectivity index (χ4n) is 3.47. The van der Waals surface area contributed by atoms with Crippen LogP contribution < -0.4 is 9.47 Å². The van der Waals surface area contributed by atoms with Crippen LogP contribution in [-0.4, -0.2) is 64.4 Å². The van der Waals surface area contributed by atoms with E-state index in [1.54, 1.807) is 18.1 Å². The third-order valence-electron chi connectivity index (χ3n) is 5.56. The van der Waals surface area contributed by atoms with Gasteiger partial charge in [-0.2, -0.15) is 5.10 Å². The number of methoxy groups -OCH3 is 1. The normalized spacial score (nSPS) is 11.6. The first kappa shape index (κ1) is 28.5. The molecule has 3 aromatic rings. The molecule has 1 heterocycles. The summed E-state index contributed by atoms with van der Waals surface area (Å²) in [6.07, 6.45) is 3.68. The average molecular weight is 542 g/mol. The lowest BCUT2D eigenvalue weighted by Crippen LogP contribution is -2.22. The molecular weight excluding hydrogens is 506 g/mol. The second-order valence-corrected chi connectivity index (χ2v) is 16.3. The summed E-state index contributed by atoms with van der Waals surface area (Å²) in [5, 5.41) is 5.12. The summed E-state index contributed by atoms with van der Waals surface area (Å²) in [5.74, 6) is 1.07. The zero-order valence-electron chi connectivity index (χ0n) is 22.5. The number of halogens is 1. The molecule has 9 heteroatoms. The van der Waals surface area contributed by atoms with Gasteiger partial charge in [-0.1, -0.05) is 49.4 Å². The highest BCUT2D eigenvalue weighted by Gasteiger charge is 2.17. The van der Waals surface area contributed by atoms with Gasteiger partial charge in [0, 0.05) is 52.0 Å². The highest BCUT2D eigenvalue weighted by Crippen LogP contribution is 2.29. The molecule has 0 saturated heterocycles. The first-order valence-electron chi connectivity index (χ1n) is 12.2. The SMILES string of the molecule is COc1cc(CC(=O)c2cc(-c3ccc(Cl)cc3)cn2/N=C/N(C)C)ccc1OCOCC[Si](C)(C)C. The number of ketones is 1. The Kier molecular flexibility index (Phi) is 9.97. The summed E-state index contributed by atoms with van der Waals surface area (Å²) in [4.78, 5) is 15.2. The lowest BCUT2D eigenvalue weighted by Gasteiger charge is -2.16. The molecule has 198 valence electrons. The van der Waals surface area contributed by atoms with Crippen LogP contribution in [0.3, 0.4) is 0 Å². The van der Waals surface area contributed by atoms with Crippen molar-refractivity contribution in [2.45, 2.75) is 32.1 Å². The number of hydrogen-bond acceptors (Lipinski definition) is 5. The minimum absolute atomic E-state index is 0.0680. The van der Waals surface area contributed by atoms with E-state index in [9.17, 15) is 4.79 Å². The molecule has 0 spiro atoms. The van der Waals surface area contributed by atoms with E-state index in [4.69, 9.17) is 25.8 Å². The molecule has 0 aliphatic rings. The van der Waals surface area contributed by atoms with E-state index in [0.29, 0.717) is 28.8 Å². The monoisotopic (exact) mass is 541 g/mol. The molecule has 0 amide bonds. The first-order chi connectivity index (χ1) is 17.6. The van der Waals surface area contributed by atoms with Gasteiger partial charge >= 0.3 is 0 Å². The Morgan fingerprint density at radius 3 is 2.43 bits per heavy atom. The van der Waals surface area contributed by atoms with Crippen molar-refractivity contribution in [3.63, 3.8) is 0 Å². The zero-order chi connectivity index (χ0) is 27.0. The second kappa shape index (κ2) is 12.9. The maximum atomic E-state index is 13.4. The van der Waals surface area contributed by atoms with Crippen molar-refractivity contribution in [3.8, 4) is 22.6 Å². The minimum Gasteiger partial charge on any atom is -0.493 e. The van der Waals surface area contributed by atoms with Crippen molar-refractivity contribution in [2.75, 3.05) is 34.6 Å². The summed E-state index contributed by atoms with van der Waals surface area (Å²) in [6.45, 7) is 7.77. The van der Waals surface area contributed by atoms with Crippen LogP contribution in [0.4, 0.5) is 0 Å². The number of benzene rings is 2. The molecule has 0 radical (unpaired) electrons. The third kappa shape index (κ3) is 8.77. The lowest BCUT2D eigenvalue weighted by molar-refractivity contribution is 0.0205. The van der Waals surface area contributed by atoms with Gasteiger partial charge in [-0.25, -0.2) is 4.68 Å². The van der Waals surface area contributed by atoms with Crippen molar-refractivity contribution in [1.82, 2.24) is 9.58 Å². The molecule has 0 unspecified atom stereocenters. The predicted octanol–water partition coefficient (Wildman–Crippen LogP) is 6.29. The van der Waals surface area contributed by atoms with E-state index in [2.05, 4.69) is 24.7 Å². The Bertz CT molecular complexity index is 1220. The molecule has 0 bridgehead atoms. The van der Waals surface area contributed by atoms with Gasteiger partial charge in [-0.3, -0.25) is 4.79 Å². The molecule has 0 N–H and O–H groups in total. The van der Waals surface area contributed by atoms with Crippen LogP contribution in [0.5, 0.6) is 11.5 Å². The van der Waals surface area contributed by atoms with E-state index < -0.39 is 8.07 Å². The van der Waals surface area contributed by atoms with Crippen LogP contribution in [0, 0.1) is 0 Å². The van der Waals surface area contributed by atoms with E-state index in [0.717, 1.165) is 22.7 Å². The molecule has 2 aromatic carbocycles. The Balaban J connectivity index is 1.74. The average Bonchev–Trinajstić information content (AvgIpc) is 3.27. The number of carbonyl (C=O) groups excluding carboxylic acids is 1. The van der Waals surface area contributed by atoms with E-state index in [1.807, 2.05) is 73.7 Å². The summed E-state index contributed by atoms with van der Waals surface area (Å²) in [5.41, 5.74) is 3.13. The highest BCUT2D eigenvalue weighted by molar-refractivity contribution is 6.76. The Labute approximate surface area is 225 Å². The summed E-state index contributed by atoms with van der Waals surface area (Å²) in [7, 11) is 4.19. The number of rotatable bonds is 13. The van der Waals surface area contributed by atoms with Gasteiger partial charge in [0.25, 0.3) is 0 Å². The molecule has 0 atom stereocenters. The smallest absolute Gasteiger partial charge is 0.189 e. The van der Waals surface area contributed by atoms with Crippen LogP contribution in [0.25, 0.3) is 11.1 Å². The topological polar surface area (TPSA) is 65.3 Å². The maximum Gasteiger partial charge on any atom is 0.189 e. The van der Waals surface area contributed by atoms with Gasteiger partial charge in [0.2, 0.25) is 0 Å². The van der Waals surface area contributed by atoms with E-state index in [1.165, 1.54) is 0 Å². The Morgan fingerprint density at radius 1 is 1.05 bits per heavy atom. The van der Waals surface area contributed by atoms with Crippen LogP contribution in [0.1, 0.15) is 16.1 Å². The van der Waals surface area contributed by atoms with Gasteiger partial charge in [-0.15, -0.1) is 0 Å². The fourth-order valence-corrected chi connectivity index (χ4v) is 4.36. The van der Waals surface area contributed by atoms with Crippen molar-refractivity contribution in [3.05, 3.63) is 71.0 Å². The van der Waals surface area contributed by atoms with Crippen molar-refractivity contribution < 1.29 is 19.0 Å². The third-order valence-corrected chi connectivity index (χ3v) is 7.51. The molecule has 0 fully saturated rings. The fraction of sp³-hybridized carbons (Fsp3) is 0.357. The highest BCUT2D eigenvalue weighted by atomic mass is 35.5. The van der Waals surface area contributed by atoms with Crippen molar-refractivity contribution in [1.29, 1.82) is 0 Å². The predicted molar refractivity (Wildman–Crippen MR) is 153 cm³/mol. The lowest BCUT2D eigenvalue weighted by atomic mass is 10.0. The molecule has 0 saturated carbocycles. The standard InChI is InChI=1S/C28H36ClN3O4Si/c1-31(2)19-30-32-18-23(22-8-10-24(29)11-9-22)17-25(32)26(33)15-21-7-12-27(28(16-21)34-3)36-20-35-13-14-37(4,5)6/h7-12,16-19H,13-15,20H2,1-6H3/b30-19+. The quantitative estimate of drug-likeness (QED) is 0.0635. The number of hydrogen-bond donors (Lipinski definition) is 0. The van der Waals surface area contributed by atoms with Crippen LogP contribution in [0.15, 0.2) is 59.8 Å². The molecule has 1 aromatic heterocycles. The minimum atomic E-state index is -1.15. The maximum absolute atomic E-state index is 13.4. The Hall–Kier alpha value is -3.07. The molecular formula is C28H36ClN3O4Si. The molecule has 37 heavy (non-hydrogen) atoms. The van der Waals surface area contributed by atoms with Crippen molar-refractivity contribution >= 4 is 31.8 Å². The van der Waals surface area contributed by atoms with Gasteiger partial charge in [0.1, 0.15) is 12.0 Å². The number of aromatic nitrogens is 1. The van der Waals surface area contributed by atoms with E-state index in [-0.39, 0.29) is 19.0 Å². The van der Waals surface area contributed by atoms with Crippen LogP contribution in [0.2, 0.25) is 30.7 Å². The van der Waals surface area contributed by atoms with Gasteiger partial charge in [0.15, 0.2) is 24.1 Å². The Morgan fingerprint density at radius 2 is 1.78 bits per heavy atom.